The Morgan fingerprint density at radius 1 is 1.21 bits per heavy atom. The van der Waals surface area contributed by atoms with Crippen molar-refractivity contribution >= 4 is 17.3 Å². The fraction of sp³-hybridized carbons (Fsp3) is 0.389. The quantitative estimate of drug-likeness (QED) is 0.923. The molecule has 0 radical (unpaired) electrons. The van der Waals surface area contributed by atoms with Crippen molar-refractivity contribution in [2.24, 2.45) is 5.92 Å². The molecule has 1 N–H and O–H groups in total. The van der Waals surface area contributed by atoms with Crippen LogP contribution in [-0.2, 0) is 4.79 Å². The number of furan rings is 1. The number of carbonyl (C=O) groups excluding carboxylic acids is 1. The van der Waals surface area contributed by atoms with Crippen molar-refractivity contribution in [3.05, 3.63) is 47.9 Å². The molecule has 4 nitrogen and oxygen atoms in total. The second-order valence-corrected chi connectivity index (χ2v) is 6.44. The van der Waals surface area contributed by atoms with Gasteiger partial charge in [0.2, 0.25) is 5.91 Å². The van der Waals surface area contributed by atoms with E-state index in [4.69, 9.17) is 4.42 Å². The van der Waals surface area contributed by atoms with E-state index < -0.39 is 11.6 Å². The van der Waals surface area contributed by atoms with Gasteiger partial charge in [-0.25, -0.2) is 8.78 Å². The van der Waals surface area contributed by atoms with Gasteiger partial charge in [0, 0.05) is 30.6 Å². The van der Waals surface area contributed by atoms with Crippen molar-refractivity contribution in [1.82, 2.24) is 0 Å². The highest BCUT2D eigenvalue weighted by Crippen LogP contribution is 2.48. The molecule has 0 spiro atoms. The molecular weight excluding hydrogens is 314 g/mol. The second-order valence-electron chi connectivity index (χ2n) is 6.44. The van der Waals surface area contributed by atoms with Gasteiger partial charge in [0.05, 0.1) is 6.26 Å². The van der Waals surface area contributed by atoms with Crippen LogP contribution in [-0.4, -0.2) is 19.0 Å². The topological polar surface area (TPSA) is 45.5 Å². The van der Waals surface area contributed by atoms with Crippen molar-refractivity contribution in [3.8, 4) is 0 Å². The molecule has 1 saturated heterocycles. The molecule has 1 aliphatic carbocycles. The van der Waals surface area contributed by atoms with Crippen molar-refractivity contribution in [2.75, 3.05) is 23.3 Å². The lowest BCUT2D eigenvalue weighted by molar-refractivity contribution is -0.117. The van der Waals surface area contributed by atoms with Crippen LogP contribution in [0.15, 0.2) is 34.9 Å². The standard InChI is InChI=1S/C18H18F2N2O2/c19-14-8-11(9-15(20)17(14)22-5-1-2-6-22)21-18(23)13-10-12(13)16-4-3-7-24-16/h3-4,7-9,12-13H,1-2,5-6,10H2,(H,21,23)/t12-,13+/m1/s1. The van der Waals surface area contributed by atoms with Crippen LogP contribution in [0.2, 0.25) is 0 Å². The zero-order chi connectivity index (χ0) is 16.7. The van der Waals surface area contributed by atoms with Gasteiger partial charge < -0.3 is 14.6 Å². The minimum absolute atomic E-state index is 0.00498. The van der Waals surface area contributed by atoms with Gasteiger partial charge in [-0.2, -0.15) is 0 Å². The highest BCUT2D eigenvalue weighted by Gasteiger charge is 2.45. The first-order chi connectivity index (χ1) is 11.6. The Morgan fingerprint density at radius 2 is 1.92 bits per heavy atom. The number of halogens is 2. The fourth-order valence-corrected chi connectivity index (χ4v) is 3.42. The molecule has 126 valence electrons. The van der Waals surface area contributed by atoms with Crippen LogP contribution >= 0.6 is 0 Å². The molecule has 24 heavy (non-hydrogen) atoms. The average molecular weight is 332 g/mol. The molecule has 2 aliphatic rings. The summed E-state index contributed by atoms with van der Waals surface area (Å²) < 4.78 is 33.9. The van der Waals surface area contributed by atoms with E-state index in [9.17, 15) is 13.6 Å². The smallest absolute Gasteiger partial charge is 0.228 e. The molecule has 2 heterocycles. The van der Waals surface area contributed by atoms with E-state index in [0.29, 0.717) is 19.5 Å². The summed E-state index contributed by atoms with van der Waals surface area (Å²) >= 11 is 0. The maximum absolute atomic E-state index is 14.3. The molecule has 1 amide bonds. The lowest BCUT2D eigenvalue weighted by atomic mass is 10.2. The molecule has 1 saturated carbocycles. The van der Waals surface area contributed by atoms with Crippen molar-refractivity contribution in [2.45, 2.75) is 25.2 Å². The molecule has 4 rings (SSSR count). The molecule has 1 aromatic heterocycles. The Morgan fingerprint density at radius 3 is 2.54 bits per heavy atom. The zero-order valence-corrected chi connectivity index (χ0v) is 13.1. The molecule has 2 atom stereocenters. The monoisotopic (exact) mass is 332 g/mol. The molecule has 1 aliphatic heterocycles. The fourth-order valence-electron chi connectivity index (χ4n) is 3.42. The van der Waals surface area contributed by atoms with Crippen LogP contribution in [0.5, 0.6) is 0 Å². The minimum Gasteiger partial charge on any atom is -0.469 e. The third-order valence-electron chi connectivity index (χ3n) is 4.74. The summed E-state index contributed by atoms with van der Waals surface area (Å²) in [4.78, 5) is 13.9. The van der Waals surface area contributed by atoms with Gasteiger partial charge in [0.25, 0.3) is 0 Å². The van der Waals surface area contributed by atoms with Gasteiger partial charge in [-0.1, -0.05) is 0 Å². The third kappa shape index (κ3) is 2.77. The lowest BCUT2D eigenvalue weighted by Gasteiger charge is -2.19. The first-order valence-corrected chi connectivity index (χ1v) is 8.22. The Hall–Kier alpha value is -2.37. The predicted octanol–water partition coefficient (Wildman–Crippen LogP) is 3.90. The molecule has 2 aromatic rings. The number of hydrogen-bond acceptors (Lipinski definition) is 3. The van der Waals surface area contributed by atoms with Gasteiger partial charge in [0.1, 0.15) is 11.4 Å². The van der Waals surface area contributed by atoms with Gasteiger partial charge in [-0.05, 0) is 43.5 Å². The number of hydrogen-bond donors (Lipinski definition) is 1. The van der Waals surface area contributed by atoms with Crippen LogP contribution in [0.1, 0.15) is 30.9 Å². The molecule has 2 fully saturated rings. The van der Waals surface area contributed by atoms with Crippen LogP contribution < -0.4 is 10.2 Å². The van der Waals surface area contributed by atoms with Crippen molar-refractivity contribution < 1.29 is 18.0 Å². The number of anilines is 2. The van der Waals surface area contributed by atoms with Crippen LogP contribution in [0.4, 0.5) is 20.2 Å². The van der Waals surface area contributed by atoms with E-state index in [1.165, 1.54) is 12.1 Å². The molecule has 6 heteroatoms. The first kappa shape index (κ1) is 15.2. The first-order valence-electron chi connectivity index (χ1n) is 8.22. The second kappa shape index (κ2) is 5.92. The summed E-state index contributed by atoms with van der Waals surface area (Å²) in [5.41, 5.74) is 0.161. The summed E-state index contributed by atoms with van der Waals surface area (Å²) in [5, 5.41) is 2.62. The Labute approximate surface area is 138 Å². The maximum atomic E-state index is 14.3. The van der Waals surface area contributed by atoms with E-state index >= 15 is 0 Å². The SMILES string of the molecule is O=C(Nc1cc(F)c(N2CCCC2)c(F)c1)[C@H]1C[C@H]1c1ccco1. The van der Waals surface area contributed by atoms with E-state index in [1.54, 1.807) is 17.2 Å². The number of nitrogens with one attached hydrogen (secondary N) is 1. The van der Waals surface area contributed by atoms with Crippen molar-refractivity contribution in [3.63, 3.8) is 0 Å². The zero-order valence-electron chi connectivity index (χ0n) is 13.1. The van der Waals surface area contributed by atoms with Gasteiger partial charge >= 0.3 is 0 Å². The summed E-state index contributed by atoms with van der Waals surface area (Å²) in [7, 11) is 0. The summed E-state index contributed by atoms with van der Waals surface area (Å²) in [6.07, 6.45) is 4.14. The predicted molar refractivity (Wildman–Crippen MR) is 86.0 cm³/mol. The van der Waals surface area contributed by atoms with Crippen molar-refractivity contribution in [1.29, 1.82) is 0 Å². The Bertz CT molecular complexity index is 731. The average Bonchev–Trinajstić information content (AvgIpc) is 2.95. The van der Waals surface area contributed by atoms with E-state index in [2.05, 4.69) is 5.32 Å². The third-order valence-corrected chi connectivity index (χ3v) is 4.74. The van der Waals surface area contributed by atoms with E-state index in [0.717, 1.165) is 18.6 Å². The minimum atomic E-state index is -0.634. The Kier molecular flexibility index (Phi) is 3.75. The highest BCUT2D eigenvalue weighted by molar-refractivity contribution is 5.95. The maximum Gasteiger partial charge on any atom is 0.228 e. The number of carbonyl (C=O) groups is 1. The highest BCUT2D eigenvalue weighted by atomic mass is 19.1. The van der Waals surface area contributed by atoms with E-state index in [-0.39, 0.29) is 29.1 Å². The summed E-state index contributed by atoms with van der Waals surface area (Å²) in [6, 6.07) is 6.00. The number of nitrogens with zero attached hydrogens (tertiary/aromatic N) is 1. The molecular formula is C18H18F2N2O2. The van der Waals surface area contributed by atoms with Gasteiger partial charge in [-0.3, -0.25) is 4.79 Å². The van der Waals surface area contributed by atoms with Crippen LogP contribution in [0.3, 0.4) is 0 Å². The number of benzene rings is 1. The normalized spacial score (nSPS) is 22.7. The molecule has 0 unspecified atom stereocenters. The van der Waals surface area contributed by atoms with Gasteiger partial charge in [0.15, 0.2) is 11.6 Å². The lowest BCUT2D eigenvalue weighted by Crippen LogP contribution is -2.21. The summed E-state index contributed by atoms with van der Waals surface area (Å²) in [5.74, 6) is -0.878. The van der Waals surface area contributed by atoms with E-state index in [1.807, 2.05) is 6.07 Å². The van der Waals surface area contributed by atoms with Crippen LogP contribution in [0, 0.1) is 17.6 Å². The molecule has 1 aromatic carbocycles. The van der Waals surface area contributed by atoms with Gasteiger partial charge in [-0.15, -0.1) is 0 Å². The summed E-state index contributed by atoms with van der Waals surface area (Å²) in [6.45, 7) is 1.32. The number of rotatable bonds is 4. The molecule has 0 bridgehead atoms. The largest absolute Gasteiger partial charge is 0.469 e. The Balaban J connectivity index is 1.46. The number of amides is 1. The van der Waals surface area contributed by atoms with Crippen LogP contribution in [0.25, 0.3) is 0 Å².